The molecular weight excluding hydrogens is 476 g/mol. The molecule has 3 heterocycles. The van der Waals surface area contributed by atoms with Crippen molar-refractivity contribution >= 4 is 45.9 Å². The number of nitrogens with zero attached hydrogens (tertiary/aromatic N) is 2. The minimum atomic E-state index is -0.220. The average molecular weight is 501 g/mol. The molecule has 35 heavy (non-hydrogen) atoms. The lowest BCUT2D eigenvalue weighted by molar-refractivity contribution is -0.118. The highest BCUT2D eigenvalue weighted by Crippen LogP contribution is 2.43. The second-order valence-electron chi connectivity index (χ2n) is 8.14. The van der Waals surface area contributed by atoms with Crippen LogP contribution in [0.4, 0.5) is 11.4 Å². The molecule has 2 N–H and O–H groups in total. The quantitative estimate of drug-likeness (QED) is 0.320. The Kier molecular flexibility index (Phi) is 6.74. The molecule has 0 bridgehead atoms. The zero-order chi connectivity index (χ0) is 24.2. The number of hydrogen-bond donors (Lipinski definition) is 2. The summed E-state index contributed by atoms with van der Waals surface area (Å²) in [5, 5.41) is 7.00. The highest BCUT2D eigenvalue weighted by molar-refractivity contribution is 7.80. The van der Waals surface area contributed by atoms with E-state index in [0.29, 0.717) is 16.5 Å². The lowest BCUT2D eigenvalue weighted by Gasteiger charge is -2.27. The molecule has 1 amide bonds. The fraction of sp³-hybridized carbons (Fsp3) is 0.148. The number of pyridine rings is 1. The Labute approximate surface area is 213 Å². The number of carbonyl (C=O) groups is 1. The number of nitrogens with one attached hydrogen (secondary N) is 2. The third-order valence-corrected chi connectivity index (χ3v) is 7.08. The first-order valence-corrected chi connectivity index (χ1v) is 12.5. The number of aryl methyl sites for hydroxylation is 1. The van der Waals surface area contributed by atoms with E-state index in [0.717, 1.165) is 11.4 Å². The number of thiocarbonyl (C=S) groups is 1. The van der Waals surface area contributed by atoms with Crippen LogP contribution in [0.25, 0.3) is 0 Å². The molecule has 2 atom stereocenters. The molecule has 1 saturated heterocycles. The number of thiophene rings is 1. The first kappa shape index (κ1) is 23.0. The monoisotopic (exact) mass is 500 g/mol. The Balaban J connectivity index is 1.34. The van der Waals surface area contributed by atoms with Crippen molar-refractivity contribution in [3.63, 3.8) is 0 Å². The van der Waals surface area contributed by atoms with E-state index in [9.17, 15) is 4.79 Å². The number of anilines is 2. The van der Waals surface area contributed by atoms with Crippen LogP contribution in [-0.2, 0) is 4.79 Å². The van der Waals surface area contributed by atoms with Gasteiger partial charge in [0.15, 0.2) is 11.7 Å². The maximum atomic E-state index is 12.3. The van der Waals surface area contributed by atoms with Gasteiger partial charge in [-0.1, -0.05) is 24.3 Å². The van der Waals surface area contributed by atoms with Crippen LogP contribution < -0.4 is 20.3 Å². The van der Waals surface area contributed by atoms with E-state index in [1.54, 1.807) is 17.5 Å². The second kappa shape index (κ2) is 10.2. The van der Waals surface area contributed by atoms with Gasteiger partial charge in [0.1, 0.15) is 5.75 Å². The summed E-state index contributed by atoms with van der Waals surface area (Å²) < 4.78 is 5.53. The minimum Gasteiger partial charge on any atom is -0.484 e. The molecule has 0 unspecified atom stereocenters. The number of hydrogen-bond acceptors (Lipinski definition) is 5. The van der Waals surface area contributed by atoms with Gasteiger partial charge in [0.05, 0.1) is 17.8 Å². The van der Waals surface area contributed by atoms with Gasteiger partial charge in [0, 0.05) is 27.3 Å². The fourth-order valence-electron chi connectivity index (χ4n) is 4.10. The van der Waals surface area contributed by atoms with Crippen LogP contribution in [-0.4, -0.2) is 22.6 Å². The van der Waals surface area contributed by atoms with Gasteiger partial charge in [0.2, 0.25) is 0 Å². The summed E-state index contributed by atoms with van der Waals surface area (Å²) in [7, 11) is 0. The van der Waals surface area contributed by atoms with Crippen molar-refractivity contribution in [2.75, 3.05) is 16.8 Å². The highest BCUT2D eigenvalue weighted by atomic mass is 32.1. The van der Waals surface area contributed by atoms with Crippen LogP contribution >= 0.6 is 23.6 Å². The van der Waals surface area contributed by atoms with Crippen LogP contribution in [0.3, 0.4) is 0 Å². The zero-order valence-corrected chi connectivity index (χ0v) is 20.7. The molecule has 0 spiro atoms. The van der Waals surface area contributed by atoms with Gasteiger partial charge in [-0.05, 0) is 79.8 Å². The summed E-state index contributed by atoms with van der Waals surface area (Å²) in [6.45, 7) is 2.05. The van der Waals surface area contributed by atoms with Crippen molar-refractivity contribution in [2.24, 2.45) is 0 Å². The SMILES string of the molecule is Cc1ccc([C@@H]2[C@H](c3ccccn3)NC(=S)N2c2ccc(NC(=O)COc3ccccc3)cc2)s1. The molecule has 0 radical (unpaired) electrons. The summed E-state index contributed by atoms with van der Waals surface area (Å²) in [6, 6.07) is 27.1. The molecule has 4 aromatic rings. The van der Waals surface area contributed by atoms with Gasteiger partial charge in [-0.15, -0.1) is 11.3 Å². The number of aromatic nitrogens is 1. The Morgan fingerprint density at radius 2 is 1.83 bits per heavy atom. The molecule has 6 nitrogen and oxygen atoms in total. The van der Waals surface area contributed by atoms with Crippen molar-refractivity contribution in [1.82, 2.24) is 10.3 Å². The summed E-state index contributed by atoms with van der Waals surface area (Å²) >= 11 is 7.53. The fourth-order valence-corrected chi connectivity index (χ4v) is 5.45. The van der Waals surface area contributed by atoms with E-state index in [1.807, 2.05) is 72.8 Å². The predicted molar refractivity (Wildman–Crippen MR) is 144 cm³/mol. The van der Waals surface area contributed by atoms with Crippen molar-refractivity contribution in [1.29, 1.82) is 0 Å². The van der Waals surface area contributed by atoms with Gasteiger partial charge >= 0.3 is 0 Å². The largest absolute Gasteiger partial charge is 0.484 e. The molecule has 1 aliphatic heterocycles. The Hall–Kier alpha value is -3.75. The standard InChI is InChI=1S/C27H24N4O2S2/c1-18-10-15-23(35-18)26-25(22-9-5-6-16-28-22)30-27(34)31(26)20-13-11-19(12-14-20)29-24(32)17-33-21-7-3-2-4-8-21/h2-16,25-26H,17H2,1H3,(H,29,32)(H,30,34)/t25-,26+/m0/s1. The molecule has 0 saturated carbocycles. The number of benzene rings is 2. The number of rotatable bonds is 7. The van der Waals surface area contributed by atoms with Crippen LogP contribution in [0.1, 0.15) is 27.5 Å². The number of carbonyl (C=O) groups excluding carboxylic acids is 1. The zero-order valence-electron chi connectivity index (χ0n) is 19.0. The van der Waals surface area contributed by atoms with Gasteiger partial charge in [-0.3, -0.25) is 9.78 Å². The Morgan fingerprint density at radius 1 is 1.06 bits per heavy atom. The third-order valence-electron chi connectivity index (χ3n) is 5.69. The van der Waals surface area contributed by atoms with Gasteiger partial charge in [0.25, 0.3) is 5.91 Å². The molecule has 176 valence electrons. The lowest BCUT2D eigenvalue weighted by Crippen LogP contribution is -2.29. The smallest absolute Gasteiger partial charge is 0.262 e. The van der Waals surface area contributed by atoms with Gasteiger partial charge in [-0.2, -0.15) is 0 Å². The highest BCUT2D eigenvalue weighted by Gasteiger charge is 2.41. The van der Waals surface area contributed by atoms with E-state index in [-0.39, 0.29) is 24.6 Å². The Bertz CT molecular complexity index is 1310. The summed E-state index contributed by atoms with van der Waals surface area (Å²) in [5.74, 6) is 0.437. The van der Waals surface area contributed by atoms with Crippen LogP contribution in [0.5, 0.6) is 5.75 Å². The molecule has 8 heteroatoms. The van der Waals surface area contributed by atoms with Crippen molar-refractivity contribution in [3.8, 4) is 5.75 Å². The number of ether oxygens (including phenoxy) is 1. The topological polar surface area (TPSA) is 66.5 Å². The predicted octanol–water partition coefficient (Wildman–Crippen LogP) is 5.65. The number of amides is 1. The van der Waals surface area contributed by atoms with Crippen molar-refractivity contribution < 1.29 is 9.53 Å². The summed E-state index contributed by atoms with van der Waals surface area (Å²) in [6.07, 6.45) is 1.80. The third kappa shape index (κ3) is 5.18. The van der Waals surface area contributed by atoms with Gasteiger partial charge < -0.3 is 20.3 Å². The van der Waals surface area contributed by atoms with Crippen LogP contribution in [0, 0.1) is 6.92 Å². The van der Waals surface area contributed by atoms with E-state index in [4.69, 9.17) is 17.0 Å². The molecule has 5 rings (SSSR count). The van der Waals surface area contributed by atoms with E-state index in [2.05, 4.69) is 39.6 Å². The van der Waals surface area contributed by atoms with Crippen LogP contribution in [0.15, 0.2) is 91.1 Å². The Morgan fingerprint density at radius 3 is 2.51 bits per heavy atom. The molecular formula is C27H24N4O2S2. The van der Waals surface area contributed by atoms with E-state index < -0.39 is 0 Å². The van der Waals surface area contributed by atoms with E-state index >= 15 is 0 Å². The molecule has 2 aromatic heterocycles. The van der Waals surface area contributed by atoms with E-state index in [1.165, 1.54) is 9.75 Å². The maximum absolute atomic E-state index is 12.3. The summed E-state index contributed by atoms with van der Waals surface area (Å²) in [5.41, 5.74) is 2.57. The van der Waals surface area contributed by atoms with Crippen LogP contribution in [0.2, 0.25) is 0 Å². The normalized spacial score (nSPS) is 17.2. The van der Waals surface area contributed by atoms with Crippen molar-refractivity contribution in [3.05, 3.63) is 107 Å². The molecule has 1 fully saturated rings. The first-order valence-electron chi connectivity index (χ1n) is 11.2. The molecule has 1 aliphatic rings. The number of para-hydroxylation sites is 1. The lowest BCUT2D eigenvalue weighted by atomic mass is 10.0. The second-order valence-corrected chi connectivity index (χ2v) is 9.85. The minimum absolute atomic E-state index is 0.0317. The molecule has 0 aliphatic carbocycles. The van der Waals surface area contributed by atoms with Gasteiger partial charge in [-0.25, -0.2) is 0 Å². The summed E-state index contributed by atoms with van der Waals surface area (Å²) in [4.78, 5) is 21.5. The maximum Gasteiger partial charge on any atom is 0.262 e. The molecule has 2 aromatic carbocycles. The first-order chi connectivity index (χ1) is 17.1. The van der Waals surface area contributed by atoms with Crippen molar-refractivity contribution in [2.45, 2.75) is 19.0 Å². The average Bonchev–Trinajstić information content (AvgIpc) is 3.47.